The third-order valence-corrected chi connectivity index (χ3v) is 4.33. The first-order valence-electron chi connectivity index (χ1n) is 9.69. The van der Waals surface area contributed by atoms with Crippen LogP contribution in [0.3, 0.4) is 0 Å². The Morgan fingerprint density at radius 1 is 1.10 bits per heavy atom. The van der Waals surface area contributed by atoms with Gasteiger partial charge < -0.3 is 15.1 Å². The molecule has 160 valence electrons. The van der Waals surface area contributed by atoms with Gasteiger partial charge in [-0.15, -0.1) is 0 Å². The first kappa shape index (κ1) is 21.5. The van der Waals surface area contributed by atoms with Gasteiger partial charge in [0.25, 0.3) is 0 Å². The topological polar surface area (TPSA) is 67.4 Å². The van der Waals surface area contributed by atoms with Crippen molar-refractivity contribution in [3.63, 3.8) is 0 Å². The Morgan fingerprint density at radius 3 is 2.70 bits per heavy atom. The molecule has 0 spiro atoms. The fourth-order valence-corrected chi connectivity index (χ4v) is 2.83. The summed E-state index contributed by atoms with van der Waals surface area (Å²) in [6.45, 7) is 2.13. The smallest absolute Gasteiger partial charge is 0.416 e. The highest BCUT2D eigenvalue weighted by Crippen LogP contribution is 2.29. The maximum atomic E-state index is 12.9. The second-order valence-electron chi connectivity index (χ2n) is 6.67. The van der Waals surface area contributed by atoms with Gasteiger partial charge in [0, 0.05) is 38.4 Å². The van der Waals surface area contributed by atoms with E-state index in [9.17, 15) is 13.2 Å². The van der Waals surface area contributed by atoms with Crippen LogP contribution in [0.15, 0.2) is 70.5 Å². The lowest BCUT2D eigenvalue weighted by atomic mass is 10.1. The molecule has 0 bridgehead atoms. The summed E-state index contributed by atoms with van der Waals surface area (Å²) >= 11 is 0. The quantitative estimate of drug-likeness (QED) is 0.314. The van der Waals surface area contributed by atoms with Crippen molar-refractivity contribution in [2.24, 2.45) is 4.99 Å². The predicted molar refractivity (Wildman–Crippen MR) is 108 cm³/mol. The Morgan fingerprint density at radius 2 is 1.97 bits per heavy atom. The molecule has 1 aromatic carbocycles. The van der Waals surface area contributed by atoms with E-state index in [0.29, 0.717) is 31.0 Å². The molecule has 2 aromatic heterocycles. The summed E-state index contributed by atoms with van der Waals surface area (Å²) in [6, 6.07) is 10.8. The molecule has 0 unspecified atom stereocenters. The monoisotopic (exact) mass is 419 g/mol. The maximum absolute atomic E-state index is 12.9. The lowest BCUT2D eigenvalue weighted by Crippen LogP contribution is -2.39. The number of halogens is 3. The maximum Gasteiger partial charge on any atom is 0.416 e. The molecule has 0 fully saturated rings. The summed E-state index contributed by atoms with van der Waals surface area (Å²) in [7, 11) is 0. The average Bonchev–Trinajstić information content (AvgIpc) is 3.42. The van der Waals surface area contributed by atoms with E-state index in [1.807, 2.05) is 29.1 Å². The molecule has 3 aromatic rings. The summed E-state index contributed by atoms with van der Waals surface area (Å²) < 4.78 is 45.9. The summed E-state index contributed by atoms with van der Waals surface area (Å²) in [5, 5.41) is 10.6. The van der Waals surface area contributed by atoms with E-state index in [1.54, 1.807) is 18.5 Å². The van der Waals surface area contributed by atoms with E-state index < -0.39 is 11.7 Å². The zero-order valence-corrected chi connectivity index (χ0v) is 16.4. The number of hydrogen-bond donors (Lipinski definition) is 2. The summed E-state index contributed by atoms with van der Waals surface area (Å²) in [6.07, 6.45) is 2.37. The van der Waals surface area contributed by atoms with Crippen molar-refractivity contribution in [1.29, 1.82) is 0 Å². The van der Waals surface area contributed by atoms with Crippen molar-refractivity contribution < 1.29 is 17.6 Å². The number of rotatable bonds is 9. The highest BCUT2D eigenvalue weighted by atomic mass is 19.4. The van der Waals surface area contributed by atoms with Crippen LogP contribution in [0, 0.1) is 0 Å². The first-order valence-corrected chi connectivity index (χ1v) is 9.69. The lowest BCUT2D eigenvalue weighted by Gasteiger charge is -2.13. The van der Waals surface area contributed by atoms with Crippen molar-refractivity contribution in [2.75, 3.05) is 13.1 Å². The van der Waals surface area contributed by atoms with Crippen LogP contribution in [0.2, 0.25) is 0 Å². The number of aryl methyl sites for hydroxylation is 1. The number of aromatic nitrogens is 2. The number of alkyl halides is 3. The molecule has 30 heavy (non-hydrogen) atoms. The number of nitrogens with zero attached hydrogens (tertiary/aromatic N) is 3. The third kappa shape index (κ3) is 6.98. The van der Waals surface area contributed by atoms with E-state index in [4.69, 9.17) is 4.42 Å². The highest BCUT2D eigenvalue weighted by Gasteiger charge is 2.30. The van der Waals surface area contributed by atoms with Gasteiger partial charge >= 0.3 is 6.18 Å². The Kier molecular flexibility index (Phi) is 7.53. The third-order valence-electron chi connectivity index (χ3n) is 4.33. The fraction of sp³-hybridized carbons (Fsp3) is 0.333. The fourth-order valence-electron chi connectivity index (χ4n) is 2.83. The van der Waals surface area contributed by atoms with E-state index in [0.717, 1.165) is 30.9 Å². The van der Waals surface area contributed by atoms with Gasteiger partial charge in [-0.3, -0.25) is 4.68 Å². The zero-order valence-electron chi connectivity index (χ0n) is 16.4. The van der Waals surface area contributed by atoms with Gasteiger partial charge in [-0.05, 0) is 42.3 Å². The minimum atomic E-state index is -4.37. The molecule has 0 atom stereocenters. The van der Waals surface area contributed by atoms with Gasteiger partial charge in [0.1, 0.15) is 5.76 Å². The first-order chi connectivity index (χ1) is 14.5. The van der Waals surface area contributed by atoms with Crippen molar-refractivity contribution in [2.45, 2.75) is 32.1 Å². The second-order valence-corrected chi connectivity index (χ2v) is 6.67. The number of furan rings is 1. The number of guanidine groups is 1. The molecule has 3 rings (SSSR count). The normalized spacial score (nSPS) is 12.2. The Hall–Kier alpha value is -3.23. The second kappa shape index (κ2) is 10.5. The lowest BCUT2D eigenvalue weighted by molar-refractivity contribution is -0.137. The summed E-state index contributed by atoms with van der Waals surface area (Å²) in [5.41, 5.74) is -0.178. The van der Waals surface area contributed by atoms with Crippen molar-refractivity contribution in [1.82, 2.24) is 20.4 Å². The molecule has 0 aliphatic heterocycles. The average molecular weight is 419 g/mol. The minimum Gasteiger partial charge on any atom is -0.469 e. The van der Waals surface area contributed by atoms with Gasteiger partial charge in [-0.25, -0.2) is 4.99 Å². The highest BCUT2D eigenvalue weighted by molar-refractivity contribution is 5.79. The molecule has 9 heteroatoms. The van der Waals surface area contributed by atoms with Crippen molar-refractivity contribution >= 4 is 5.96 Å². The minimum absolute atomic E-state index is 0.138. The Labute approximate surface area is 172 Å². The van der Waals surface area contributed by atoms with Gasteiger partial charge in [0.2, 0.25) is 0 Å². The summed E-state index contributed by atoms with van der Waals surface area (Å²) in [4.78, 5) is 4.44. The van der Waals surface area contributed by atoms with Gasteiger partial charge in [0.15, 0.2) is 5.96 Å². The molecule has 0 aliphatic carbocycles. The van der Waals surface area contributed by atoms with Gasteiger partial charge in [0.05, 0.1) is 18.4 Å². The SMILES string of the molecule is FC(F)(F)c1cccc(CN=C(NCCCn2cccn2)NCCc2ccco2)c1. The van der Waals surface area contributed by atoms with E-state index in [1.165, 1.54) is 6.07 Å². The van der Waals surface area contributed by atoms with Gasteiger partial charge in [-0.2, -0.15) is 18.3 Å². The number of aliphatic imine (C=N–C) groups is 1. The van der Waals surface area contributed by atoms with Crippen LogP contribution >= 0.6 is 0 Å². The molecule has 2 heterocycles. The molecule has 2 N–H and O–H groups in total. The van der Waals surface area contributed by atoms with E-state index in [2.05, 4.69) is 20.7 Å². The van der Waals surface area contributed by atoms with Crippen molar-refractivity contribution in [3.05, 3.63) is 78.0 Å². The molecule has 0 aliphatic rings. The zero-order chi connectivity index (χ0) is 21.2. The molecule has 0 radical (unpaired) electrons. The number of hydrogen-bond acceptors (Lipinski definition) is 3. The molecule has 0 saturated carbocycles. The largest absolute Gasteiger partial charge is 0.469 e. The van der Waals surface area contributed by atoms with Gasteiger partial charge in [-0.1, -0.05) is 12.1 Å². The standard InChI is InChI=1S/C21H24F3N5O/c22-21(23,24)18-6-1-5-17(15-18)16-27-20(26-11-8-19-7-2-14-30-19)25-9-3-12-29-13-4-10-28-29/h1-2,4-7,10,13-15H,3,8-9,11-12,16H2,(H2,25,26,27). The summed E-state index contributed by atoms with van der Waals surface area (Å²) in [5.74, 6) is 1.39. The molecular formula is C21H24F3N5O. The Balaban J connectivity index is 1.56. The predicted octanol–water partition coefficient (Wildman–Crippen LogP) is 3.86. The van der Waals surface area contributed by atoms with Crippen LogP contribution in [0.4, 0.5) is 13.2 Å². The van der Waals surface area contributed by atoms with Crippen LogP contribution < -0.4 is 10.6 Å². The number of nitrogens with one attached hydrogen (secondary N) is 2. The molecule has 0 saturated heterocycles. The van der Waals surface area contributed by atoms with E-state index in [-0.39, 0.29) is 6.54 Å². The Bertz CT molecular complexity index is 905. The van der Waals surface area contributed by atoms with Crippen LogP contribution in [0.25, 0.3) is 0 Å². The van der Waals surface area contributed by atoms with Crippen LogP contribution in [0.5, 0.6) is 0 Å². The molecule has 0 amide bonds. The van der Waals surface area contributed by atoms with Crippen LogP contribution in [0.1, 0.15) is 23.3 Å². The molecular weight excluding hydrogens is 395 g/mol. The molecule has 6 nitrogen and oxygen atoms in total. The number of benzene rings is 1. The van der Waals surface area contributed by atoms with E-state index >= 15 is 0 Å². The van der Waals surface area contributed by atoms with Crippen LogP contribution in [-0.2, 0) is 25.7 Å². The van der Waals surface area contributed by atoms with Crippen LogP contribution in [-0.4, -0.2) is 28.8 Å². The van der Waals surface area contributed by atoms with Crippen molar-refractivity contribution in [3.8, 4) is 0 Å².